The van der Waals surface area contributed by atoms with E-state index < -0.39 is 0 Å². The van der Waals surface area contributed by atoms with Crippen LogP contribution in [0.3, 0.4) is 0 Å². The highest BCUT2D eigenvalue weighted by atomic mass is 16.5. The molecule has 0 spiro atoms. The van der Waals surface area contributed by atoms with Crippen LogP contribution in [0.1, 0.15) is 24.7 Å². The number of furan rings is 1. The van der Waals surface area contributed by atoms with Gasteiger partial charge in [0.2, 0.25) is 0 Å². The summed E-state index contributed by atoms with van der Waals surface area (Å²) in [5.41, 5.74) is 2.26. The Balaban J connectivity index is 1.66. The van der Waals surface area contributed by atoms with Crippen molar-refractivity contribution in [3.63, 3.8) is 0 Å². The Morgan fingerprint density at radius 3 is 2.95 bits per heavy atom. The molecule has 2 unspecified atom stereocenters. The van der Waals surface area contributed by atoms with E-state index in [2.05, 4.69) is 24.4 Å². The molecular formula is C16H21NO2. The number of para-hydroxylation sites is 1. The first-order chi connectivity index (χ1) is 9.25. The molecule has 19 heavy (non-hydrogen) atoms. The van der Waals surface area contributed by atoms with Crippen molar-refractivity contribution in [1.82, 2.24) is 5.32 Å². The van der Waals surface area contributed by atoms with Gasteiger partial charge < -0.3 is 14.5 Å². The lowest BCUT2D eigenvalue weighted by molar-refractivity contribution is 0.105. The predicted octanol–water partition coefficient (Wildman–Crippen LogP) is 3.26. The van der Waals surface area contributed by atoms with E-state index in [1.165, 1.54) is 17.4 Å². The maximum Gasteiger partial charge on any atom is 0.134 e. The summed E-state index contributed by atoms with van der Waals surface area (Å²) in [6, 6.07) is 8.23. The van der Waals surface area contributed by atoms with Crippen LogP contribution in [-0.2, 0) is 11.3 Å². The van der Waals surface area contributed by atoms with Gasteiger partial charge in [0.25, 0.3) is 0 Å². The van der Waals surface area contributed by atoms with Gasteiger partial charge in [-0.05, 0) is 32.3 Å². The van der Waals surface area contributed by atoms with E-state index in [0.717, 1.165) is 31.0 Å². The topological polar surface area (TPSA) is 34.4 Å². The number of ether oxygens (including phenoxy) is 1. The van der Waals surface area contributed by atoms with Gasteiger partial charge in [0.05, 0.1) is 6.10 Å². The number of hydrogen-bond acceptors (Lipinski definition) is 3. The molecule has 3 rings (SSSR count). The summed E-state index contributed by atoms with van der Waals surface area (Å²) in [5, 5.41) is 4.78. The van der Waals surface area contributed by atoms with Crippen molar-refractivity contribution in [2.24, 2.45) is 5.92 Å². The summed E-state index contributed by atoms with van der Waals surface area (Å²) < 4.78 is 11.4. The summed E-state index contributed by atoms with van der Waals surface area (Å²) in [6.45, 7) is 6.99. The van der Waals surface area contributed by atoms with E-state index in [-0.39, 0.29) is 0 Å². The van der Waals surface area contributed by atoms with Crippen LogP contribution in [0.15, 0.2) is 28.7 Å². The number of benzene rings is 1. The molecule has 1 aromatic heterocycles. The van der Waals surface area contributed by atoms with Gasteiger partial charge in [0, 0.05) is 30.6 Å². The Kier molecular flexibility index (Phi) is 3.58. The maximum atomic E-state index is 5.78. The molecule has 1 aliphatic heterocycles. The van der Waals surface area contributed by atoms with Crippen molar-refractivity contribution in [3.05, 3.63) is 35.6 Å². The lowest BCUT2D eigenvalue weighted by Gasteiger charge is -2.14. The van der Waals surface area contributed by atoms with E-state index in [9.17, 15) is 0 Å². The molecular weight excluding hydrogens is 238 g/mol. The monoisotopic (exact) mass is 259 g/mol. The predicted molar refractivity (Wildman–Crippen MR) is 76.2 cm³/mol. The summed E-state index contributed by atoms with van der Waals surface area (Å²) in [7, 11) is 0. The molecule has 1 aliphatic rings. The van der Waals surface area contributed by atoms with Crippen molar-refractivity contribution in [1.29, 1.82) is 0 Å². The Hall–Kier alpha value is -1.32. The fourth-order valence-electron chi connectivity index (χ4n) is 2.87. The van der Waals surface area contributed by atoms with Gasteiger partial charge in [0.15, 0.2) is 0 Å². The molecule has 0 bridgehead atoms. The largest absolute Gasteiger partial charge is 0.461 e. The van der Waals surface area contributed by atoms with Gasteiger partial charge in [-0.15, -0.1) is 0 Å². The molecule has 1 aromatic carbocycles. The molecule has 1 N–H and O–H groups in total. The minimum Gasteiger partial charge on any atom is -0.461 e. The lowest BCUT2D eigenvalue weighted by atomic mass is 10.0. The number of rotatable bonds is 4. The van der Waals surface area contributed by atoms with Crippen LogP contribution in [0.2, 0.25) is 0 Å². The van der Waals surface area contributed by atoms with E-state index in [1.54, 1.807) is 0 Å². The maximum absolute atomic E-state index is 5.78. The number of nitrogens with one attached hydrogen (secondary N) is 1. The fraction of sp³-hybridized carbons (Fsp3) is 0.500. The first kappa shape index (κ1) is 12.7. The average Bonchev–Trinajstić information content (AvgIpc) is 2.94. The van der Waals surface area contributed by atoms with Crippen LogP contribution in [0, 0.1) is 12.8 Å². The highest BCUT2D eigenvalue weighted by Gasteiger charge is 2.23. The van der Waals surface area contributed by atoms with E-state index in [1.807, 2.05) is 19.1 Å². The second kappa shape index (κ2) is 5.35. The van der Waals surface area contributed by atoms with Crippen molar-refractivity contribution in [2.75, 3.05) is 13.2 Å². The van der Waals surface area contributed by atoms with Crippen LogP contribution >= 0.6 is 0 Å². The zero-order chi connectivity index (χ0) is 13.2. The smallest absolute Gasteiger partial charge is 0.134 e. The highest BCUT2D eigenvalue weighted by Crippen LogP contribution is 2.25. The van der Waals surface area contributed by atoms with Crippen LogP contribution in [0.25, 0.3) is 11.0 Å². The van der Waals surface area contributed by atoms with E-state index in [0.29, 0.717) is 12.0 Å². The van der Waals surface area contributed by atoms with Gasteiger partial charge >= 0.3 is 0 Å². The molecule has 1 fully saturated rings. The number of fused-ring (bicyclic) bond motifs is 1. The fourth-order valence-corrected chi connectivity index (χ4v) is 2.87. The molecule has 3 nitrogen and oxygen atoms in total. The van der Waals surface area contributed by atoms with Gasteiger partial charge in [-0.3, -0.25) is 0 Å². The second-order valence-electron chi connectivity index (χ2n) is 5.39. The zero-order valence-corrected chi connectivity index (χ0v) is 11.6. The summed E-state index contributed by atoms with van der Waals surface area (Å²) in [4.78, 5) is 0. The SMILES string of the molecule is Cc1oc2ccccc2c1CNCC1CCOC1C. The van der Waals surface area contributed by atoms with Crippen molar-refractivity contribution >= 4 is 11.0 Å². The molecule has 102 valence electrons. The highest BCUT2D eigenvalue weighted by molar-refractivity contribution is 5.82. The second-order valence-corrected chi connectivity index (χ2v) is 5.39. The molecule has 2 aromatic rings. The molecule has 0 amide bonds. The molecule has 0 aliphatic carbocycles. The summed E-state index contributed by atoms with van der Waals surface area (Å²) >= 11 is 0. The van der Waals surface area contributed by atoms with Gasteiger partial charge in [-0.2, -0.15) is 0 Å². The van der Waals surface area contributed by atoms with Gasteiger partial charge in [-0.25, -0.2) is 0 Å². The van der Waals surface area contributed by atoms with E-state index >= 15 is 0 Å². The van der Waals surface area contributed by atoms with Crippen LogP contribution in [-0.4, -0.2) is 19.3 Å². The first-order valence-electron chi connectivity index (χ1n) is 7.05. The minimum atomic E-state index is 0.384. The third-order valence-electron chi connectivity index (χ3n) is 4.14. The number of hydrogen-bond donors (Lipinski definition) is 1. The van der Waals surface area contributed by atoms with Crippen LogP contribution in [0.4, 0.5) is 0 Å². The normalized spacial score (nSPS) is 23.3. The lowest BCUT2D eigenvalue weighted by Crippen LogP contribution is -2.26. The standard InChI is InChI=1S/C16H21NO2/c1-11-13(7-8-18-11)9-17-10-15-12(2)19-16-6-4-3-5-14(15)16/h3-6,11,13,17H,7-10H2,1-2H3. The van der Waals surface area contributed by atoms with Crippen molar-refractivity contribution < 1.29 is 9.15 Å². The molecule has 3 heteroatoms. The molecule has 0 radical (unpaired) electrons. The van der Waals surface area contributed by atoms with Crippen molar-refractivity contribution in [2.45, 2.75) is 32.9 Å². The molecule has 0 saturated carbocycles. The Bertz CT molecular complexity index is 561. The van der Waals surface area contributed by atoms with E-state index in [4.69, 9.17) is 9.15 Å². The summed E-state index contributed by atoms with van der Waals surface area (Å²) in [6.07, 6.45) is 1.55. The minimum absolute atomic E-state index is 0.384. The third kappa shape index (κ3) is 2.53. The average molecular weight is 259 g/mol. The molecule has 2 heterocycles. The quantitative estimate of drug-likeness (QED) is 0.915. The Morgan fingerprint density at radius 1 is 1.32 bits per heavy atom. The van der Waals surface area contributed by atoms with Crippen LogP contribution in [0.5, 0.6) is 0 Å². The Labute approximate surface area is 113 Å². The third-order valence-corrected chi connectivity index (χ3v) is 4.14. The molecule has 2 atom stereocenters. The Morgan fingerprint density at radius 2 is 2.16 bits per heavy atom. The van der Waals surface area contributed by atoms with Gasteiger partial charge in [-0.1, -0.05) is 18.2 Å². The molecule has 1 saturated heterocycles. The van der Waals surface area contributed by atoms with Crippen molar-refractivity contribution in [3.8, 4) is 0 Å². The summed E-state index contributed by atoms with van der Waals surface area (Å²) in [5.74, 6) is 1.66. The van der Waals surface area contributed by atoms with Crippen LogP contribution < -0.4 is 5.32 Å². The van der Waals surface area contributed by atoms with Gasteiger partial charge in [0.1, 0.15) is 11.3 Å². The zero-order valence-electron chi connectivity index (χ0n) is 11.6. The first-order valence-corrected chi connectivity index (χ1v) is 7.05. The number of aryl methyl sites for hydroxylation is 1.